The molecule has 0 atom stereocenters. The highest BCUT2D eigenvalue weighted by molar-refractivity contribution is 6.03. The fourth-order valence-corrected chi connectivity index (χ4v) is 3.48. The number of nitrogens with zero attached hydrogens (tertiary/aromatic N) is 1. The monoisotopic (exact) mass is 339 g/mol. The number of rotatable bonds is 1. The Bertz CT molecular complexity index is 922. The number of para-hydroxylation sites is 1. The van der Waals surface area contributed by atoms with Gasteiger partial charge in [0.2, 0.25) is 0 Å². The Labute approximate surface area is 144 Å². The summed E-state index contributed by atoms with van der Waals surface area (Å²) in [5.74, 6) is -2.45. The van der Waals surface area contributed by atoms with Gasteiger partial charge < -0.3 is 9.47 Å². The molecule has 25 heavy (non-hydrogen) atoms. The van der Waals surface area contributed by atoms with E-state index in [1.54, 1.807) is 6.20 Å². The molecule has 6 nitrogen and oxygen atoms in total. The van der Waals surface area contributed by atoms with Crippen LogP contribution in [0.5, 0.6) is 0 Å². The molecule has 6 heteroatoms. The second kappa shape index (κ2) is 5.05. The summed E-state index contributed by atoms with van der Waals surface area (Å²) in [5, 5.41) is 0. The molecule has 1 spiro atoms. The number of esters is 2. The normalized spacial score (nSPS) is 20.1. The minimum absolute atomic E-state index is 0.126. The van der Waals surface area contributed by atoms with Crippen molar-refractivity contribution in [3.8, 4) is 5.69 Å². The van der Waals surface area contributed by atoms with Crippen molar-refractivity contribution in [1.29, 1.82) is 0 Å². The predicted octanol–water partition coefficient (Wildman–Crippen LogP) is 1.76. The van der Waals surface area contributed by atoms with E-state index in [2.05, 4.69) is 0 Å². The van der Waals surface area contributed by atoms with Gasteiger partial charge in [0.05, 0.1) is 0 Å². The molecule has 1 aromatic heterocycles. The Morgan fingerprint density at radius 1 is 0.920 bits per heavy atom. The van der Waals surface area contributed by atoms with Crippen LogP contribution in [0.15, 0.2) is 47.4 Å². The molecule has 1 saturated heterocycles. The SMILES string of the molecule is CC1(C)OC(=O)C2(Cc3cc(=O)n(-c4ccccc4)cc3C2)C(=O)O1. The molecule has 2 aromatic rings. The lowest BCUT2D eigenvalue weighted by molar-refractivity contribution is -0.250. The lowest BCUT2D eigenvalue weighted by Crippen LogP contribution is -2.54. The molecule has 2 heterocycles. The van der Waals surface area contributed by atoms with Crippen molar-refractivity contribution in [3.05, 3.63) is 64.1 Å². The molecule has 0 saturated carbocycles. The van der Waals surface area contributed by atoms with Gasteiger partial charge in [-0.05, 0) is 23.3 Å². The topological polar surface area (TPSA) is 74.6 Å². The lowest BCUT2D eigenvalue weighted by atomic mass is 9.84. The molecule has 0 bridgehead atoms. The number of carbonyl (C=O) groups excluding carboxylic acids is 2. The number of aromatic nitrogens is 1. The van der Waals surface area contributed by atoms with Crippen LogP contribution in [0, 0.1) is 5.41 Å². The Balaban J connectivity index is 1.76. The zero-order chi connectivity index (χ0) is 17.8. The minimum atomic E-state index is -1.39. The lowest BCUT2D eigenvalue weighted by Gasteiger charge is -2.38. The predicted molar refractivity (Wildman–Crippen MR) is 88.1 cm³/mol. The summed E-state index contributed by atoms with van der Waals surface area (Å²) in [4.78, 5) is 37.5. The standard InChI is InChI=1S/C19H17NO5/c1-18(2)24-16(22)19(17(23)25-18)9-12-8-15(21)20(11-13(12)10-19)14-6-4-3-5-7-14/h3-8,11H,9-10H2,1-2H3. The zero-order valence-corrected chi connectivity index (χ0v) is 13.9. The van der Waals surface area contributed by atoms with Crippen molar-refractivity contribution in [2.75, 3.05) is 0 Å². The number of benzene rings is 1. The highest BCUT2D eigenvalue weighted by Gasteiger charge is 2.59. The van der Waals surface area contributed by atoms with Crippen LogP contribution in [0.25, 0.3) is 5.69 Å². The maximum Gasteiger partial charge on any atom is 0.327 e. The Morgan fingerprint density at radius 2 is 1.52 bits per heavy atom. The number of hydrogen-bond donors (Lipinski definition) is 0. The number of carbonyl (C=O) groups is 2. The summed E-state index contributed by atoms with van der Waals surface area (Å²) >= 11 is 0. The molecule has 1 aromatic carbocycles. The van der Waals surface area contributed by atoms with Gasteiger partial charge in [0.15, 0.2) is 5.41 Å². The molecule has 4 rings (SSSR count). The first kappa shape index (κ1) is 15.6. The fraction of sp³-hybridized carbons (Fsp3) is 0.316. The Morgan fingerprint density at radius 3 is 2.16 bits per heavy atom. The van der Waals surface area contributed by atoms with Crippen molar-refractivity contribution >= 4 is 11.9 Å². The molecule has 128 valence electrons. The number of hydrogen-bond acceptors (Lipinski definition) is 5. The van der Waals surface area contributed by atoms with Crippen LogP contribution in [0.4, 0.5) is 0 Å². The van der Waals surface area contributed by atoms with E-state index in [1.165, 1.54) is 24.5 Å². The second-order valence-corrected chi connectivity index (χ2v) is 6.98. The van der Waals surface area contributed by atoms with E-state index >= 15 is 0 Å². The van der Waals surface area contributed by atoms with E-state index in [9.17, 15) is 14.4 Å². The van der Waals surface area contributed by atoms with Gasteiger partial charge in [-0.2, -0.15) is 0 Å². The molecule has 0 unspecified atom stereocenters. The van der Waals surface area contributed by atoms with E-state index in [0.717, 1.165) is 11.3 Å². The van der Waals surface area contributed by atoms with Crippen molar-refractivity contribution in [2.24, 2.45) is 5.41 Å². The minimum Gasteiger partial charge on any atom is -0.422 e. The first-order valence-corrected chi connectivity index (χ1v) is 8.08. The molecular weight excluding hydrogens is 322 g/mol. The number of cyclic esters (lactones) is 2. The van der Waals surface area contributed by atoms with Gasteiger partial charge in [-0.15, -0.1) is 0 Å². The molecule has 1 aliphatic carbocycles. The zero-order valence-electron chi connectivity index (χ0n) is 13.9. The van der Waals surface area contributed by atoms with Gasteiger partial charge >= 0.3 is 11.9 Å². The van der Waals surface area contributed by atoms with Crippen molar-refractivity contribution in [3.63, 3.8) is 0 Å². The quantitative estimate of drug-likeness (QED) is 0.585. The summed E-state index contributed by atoms with van der Waals surface area (Å²) < 4.78 is 12.1. The van der Waals surface area contributed by atoms with E-state index in [4.69, 9.17) is 9.47 Å². The average molecular weight is 339 g/mol. The van der Waals surface area contributed by atoms with E-state index < -0.39 is 23.1 Å². The third-order valence-electron chi connectivity index (χ3n) is 4.71. The van der Waals surface area contributed by atoms with Crippen LogP contribution in [-0.4, -0.2) is 22.3 Å². The molecule has 2 aliphatic rings. The van der Waals surface area contributed by atoms with Gasteiger partial charge in [0, 0.05) is 44.6 Å². The number of fused-ring (bicyclic) bond motifs is 1. The van der Waals surface area contributed by atoms with Crippen LogP contribution in [0.1, 0.15) is 25.0 Å². The van der Waals surface area contributed by atoms with Gasteiger partial charge in [0.1, 0.15) is 0 Å². The van der Waals surface area contributed by atoms with Gasteiger partial charge in [-0.1, -0.05) is 18.2 Å². The van der Waals surface area contributed by atoms with Crippen LogP contribution in [0.2, 0.25) is 0 Å². The largest absolute Gasteiger partial charge is 0.422 e. The summed E-state index contributed by atoms with van der Waals surface area (Å²) in [5.41, 5.74) is 0.592. The summed E-state index contributed by atoms with van der Waals surface area (Å²) in [7, 11) is 0. The van der Waals surface area contributed by atoms with E-state index in [-0.39, 0.29) is 18.4 Å². The van der Waals surface area contributed by atoms with Crippen LogP contribution in [0.3, 0.4) is 0 Å². The van der Waals surface area contributed by atoms with Gasteiger partial charge in [-0.25, -0.2) is 0 Å². The maximum atomic E-state index is 12.5. The van der Waals surface area contributed by atoms with Crippen molar-refractivity contribution in [1.82, 2.24) is 4.57 Å². The van der Waals surface area contributed by atoms with Crippen LogP contribution < -0.4 is 5.56 Å². The highest BCUT2D eigenvalue weighted by Crippen LogP contribution is 2.43. The van der Waals surface area contributed by atoms with E-state index in [1.807, 2.05) is 30.3 Å². The maximum absolute atomic E-state index is 12.5. The Hall–Kier alpha value is -2.89. The number of pyridine rings is 1. The third-order valence-corrected chi connectivity index (χ3v) is 4.71. The molecule has 1 fully saturated rings. The molecular formula is C19H17NO5. The molecule has 1 aliphatic heterocycles. The van der Waals surface area contributed by atoms with Gasteiger partial charge in [-0.3, -0.25) is 19.0 Å². The van der Waals surface area contributed by atoms with Crippen LogP contribution in [-0.2, 0) is 31.9 Å². The third kappa shape index (κ3) is 2.36. The second-order valence-electron chi connectivity index (χ2n) is 6.98. The van der Waals surface area contributed by atoms with E-state index in [0.29, 0.717) is 5.56 Å². The smallest absolute Gasteiger partial charge is 0.327 e. The molecule has 0 radical (unpaired) electrons. The fourth-order valence-electron chi connectivity index (χ4n) is 3.48. The van der Waals surface area contributed by atoms with Crippen molar-refractivity contribution < 1.29 is 19.1 Å². The molecule has 0 amide bonds. The highest BCUT2D eigenvalue weighted by atomic mass is 16.7. The first-order chi connectivity index (χ1) is 11.8. The summed E-state index contributed by atoms with van der Waals surface area (Å²) in [6.45, 7) is 3.05. The average Bonchev–Trinajstić information content (AvgIpc) is 2.92. The number of ether oxygens (including phenoxy) is 2. The summed E-state index contributed by atoms with van der Waals surface area (Å²) in [6.07, 6.45) is 1.99. The van der Waals surface area contributed by atoms with Crippen LogP contribution >= 0.6 is 0 Å². The summed E-state index contributed by atoms with van der Waals surface area (Å²) in [6, 6.07) is 10.7. The Kier molecular flexibility index (Phi) is 3.16. The molecule has 0 N–H and O–H groups in total. The van der Waals surface area contributed by atoms with Crippen molar-refractivity contribution in [2.45, 2.75) is 32.5 Å². The first-order valence-electron chi connectivity index (χ1n) is 8.08. The van der Waals surface area contributed by atoms with Gasteiger partial charge in [0.25, 0.3) is 11.3 Å².